The molecule has 5 aromatic rings. The molecule has 0 saturated carbocycles. The zero-order valence-electron chi connectivity index (χ0n) is 26.7. The number of nitrogens with one attached hydrogen (secondary N) is 1. The number of carbonyl (C=O) groups is 1. The van der Waals surface area contributed by atoms with Crippen molar-refractivity contribution < 1.29 is 19.0 Å². The van der Waals surface area contributed by atoms with Crippen molar-refractivity contribution in [3.8, 4) is 28.5 Å². The number of methoxy groups -OCH3 is 3. The van der Waals surface area contributed by atoms with E-state index in [2.05, 4.69) is 4.98 Å². The summed E-state index contributed by atoms with van der Waals surface area (Å²) in [6, 6.07) is 20.5. The maximum absolute atomic E-state index is 14.6. The Morgan fingerprint density at radius 1 is 0.978 bits per heavy atom. The number of allylic oxidation sites excluding steroid dienone is 1. The summed E-state index contributed by atoms with van der Waals surface area (Å²) in [4.78, 5) is 39.3. The first-order valence-electron chi connectivity index (χ1n) is 15.1. The molecule has 0 saturated heterocycles. The highest BCUT2D eigenvalue weighted by Crippen LogP contribution is 2.39. The second-order valence-electron chi connectivity index (χ2n) is 10.8. The van der Waals surface area contributed by atoms with Crippen LogP contribution in [0.1, 0.15) is 37.9 Å². The molecule has 0 aliphatic carbocycles. The van der Waals surface area contributed by atoms with Crippen LogP contribution >= 0.6 is 11.3 Å². The minimum atomic E-state index is -0.784. The monoisotopic (exact) mass is 636 g/mol. The van der Waals surface area contributed by atoms with Crippen LogP contribution in [0.25, 0.3) is 28.2 Å². The summed E-state index contributed by atoms with van der Waals surface area (Å²) in [7, 11) is 4.80. The minimum absolute atomic E-state index is 0.175. The van der Waals surface area contributed by atoms with Crippen LogP contribution in [0, 0.1) is 0 Å². The lowest BCUT2D eigenvalue weighted by atomic mass is 9.93. The molecule has 0 unspecified atom stereocenters. The Morgan fingerprint density at radius 2 is 1.72 bits per heavy atom. The van der Waals surface area contributed by atoms with E-state index in [-0.39, 0.29) is 11.5 Å². The highest BCUT2D eigenvalue weighted by Gasteiger charge is 2.36. The molecule has 236 valence electrons. The third-order valence-corrected chi connectivity index (χ3v) is 9.41. The van der Waals surface area contributed by atoms with Gasteiger partial charge in [-0.15, -0.1) is 0 Å². The SMILES string of the molecule is CCN(CC)C(=O)C1=C(C)N=c2s/c(=C/c3c(-c4ccccc4)[nH]c4c(OC)cccc34)c(=O)n2[C@@H]1c1cc(OC)ccc1OC. The van der Waals surface area contributed by atoms with E-state index < -0.39 is 6.04 Å². The van der Waals surface area contributed by atoms with Gasteiger partial charge in [0.2, 0.25) is 0 Å². The molecule has 1 aliphatic heterocycles. The molecule has 10 heteroatoms. The van der Waals surface area contributed by atoms with Crippen molar-refractivity contribution >= 4 is 34.2 Å². The maximum atomic E-state index is 14.6. The van der Waals surface area contributed by atoms with E-state index in [1.54, 1.807) is 42.9 Å². The van der Waals surface area contributed by atoms with Crippen LogP contribution in [0.15, 0.2) is 87.8 Å². The Morgan fingerprint density at radius 3 is 2.39 bits per heavy atom. The number of ether oxygens (including phenoxy) is 3. The van der Waals surface area contributed by atoms with Gasteiger partial charge in [-0.05, 0) is 56.7 Å². The molecule has 1 aliphatic rings. The first-order valence-corrected chi connectivity index (χ1v) is 15.9. The average molecular weight is 637 g/mol. The van der Waals surface area contributed by atoms with Crippen molar-refractivity contribution in [1.82, 2.24) is 14.5 Å². The Hall–Kier alpha value is -5.09. The Bertz CT molecular complexity index is 2160. The van der Waals surface area contributed by atoms with Crippen molar-refractivity contribution in [3.05, 3.63) is 109 Å². The molecule has 6 rings (SSSR count). The predicted molar refractivity (Wildman–Crippen MR) is 182 cm³/mol. The predicted octanol–water partition coefficient (Wildman–Crippen LogP) is 5.28. The van der Waals surface area contributed by atoms with Gasteiger partial charge in [-0.3, -0.25) is 14.2 Å². The summed E-state index contributed by atoms with van der Waals surface area (Å²) in [5.74, 6) is 1.65. The number of H-pyrrole nitrogens is 1. The van der Waals surface area contributed by atoms with E-state index in [0.717, 1.165) is 27.7 Å². The van der Waals surface area contributed by atoms with Gasteiger partial charge in [0.1, 0.15) is 23.3 Å². The molecule has 3 aromatic carbocycles. The largest absolute Gasteiger partial charge is 0.497 e. The molecule has 1 N–H and O–H groups in total. The standard InChI is InChI=1S/C36H36N4O5S/c1-7-39(8-2)35(42)30-21(3)37-36-40(33(30)26-19-23(43-4)17-18-27(26)44-5)34(41)29(46-36)20-25-24-15-12-16-28(45-6)32(24)38-31(25)22-13-10-9-11-14-22/h9-20,33,38H,7-8H2,1-6H3/b29-20+/t33-/m1/s1. The Labute approximate surface area is 270 Å². The number of thiazole rings is 1. The molecular weight excluding hydrogens is 600 g/mol. The first-order chi connectivity index (χ1) is 22.3. The summed E-state index contributed by atoms with van der Waals surface area (Å²) < 4.78 is 19.1. The number of rotatable bonds is 9. The quantitative estimate of drug-likeness (QED) is 0.238. The lowest BCUT2D eigenvalue weighted by molar-refractivity contribution is -0.127. The number of hydrogen-bond acceptors (Lipinski definition) is 7. The van der Waals surface area contributed by atoms with Crippen LogP contribution in [-0.4, -0.2) is 54.8 Å². The first kappa shape index (κ1) is 30.9. The number of hydrogen-bond donors (Lipinski definition) is 1. The van der Waals surface area contributed by atoms with Gasteiger partial charge >= 0.3 is 0 Å². The molecule has 1 amide bonds. The van der Waals surface area contributed by atoms with Gasteiger partial charge in [-0.25, -0.2) is 4.99 Å². The summed E-state index contributed by atoms with van der Waals surface area (Å²) >= 11 is 1.29. The molecule has 0 spiro atoms. The fraction of sp³-hybridized carbons (Fsp3) is 0.250. The highest BCUT2D eigenvalue weighted by atomic mass is 32.1. The van der Waals surface area contributed by atoms with Gasteiger partial charge in [0, 0.05) is 29.6 Å². The summed E-state index contributed by atoms with van der Waals surface area (Å²) in [5, 5.41) is 0.920. The fourth-order valence-corrected chi connectivity index (χ4v) is 7.15. The molecule has 0 radical (unpaired) electrons. The van der Waals surface area contributed by atoms with Gasteiger partial charge in [-0.2, -0.15) is 0 Å². The second-order valence-corrected chi connectivity index (χ2v) is 11.8. The number of fused-ring (bicyclic) bond motifs is 2. The van der Waals surface area contributed by atoms with E-state index >= 15 is 0 Å². The van der Waals surface area contributed by atoms with Crippen LogP contribution in [0.5, 0.6) is 17.2 Å². The van der Waals surface area contributed by atoms with Crippen molar-refractivity contribution in [3.63, 3.8) is 0 Å². The molecule has 3 heterocycles. The summed E-state index contributed by atoms with van der Waals surface area (Å²) in [5.41, 5.74) is 4.90. The molecule has 9 nitrogen and oxygen atoms in total. The van der Waals surface area contributed by atoms with Crippen molar-refractivity contribution in [2.24, 2.45) is 4.99 Å². The van der Waals surface area contributed by atoms with Crippen LogP contribution in [0.3, 0.4) is 0 Å². The van der Waals surface area contributed by atoms with E-state index in [9.17, 15) is 9.59 Å². The third-order valence-electron chi connectivity index (χ3n) is 8.43. The van der Waals surface area contributed by atoms with Crippen molar-refractivity contribution in [2.75, 3.05) is 34.4 Å². The fourth-order valence-electron chi connectivity index (χ4n) is 6.12. The number of benzene rings is 3. The second kappa shape index (κ2) is 12.7. The number of likely N-dealkylation sites (N-methyl/N-ethyl adjacent to an activating group) is 1. The van der Waals surface area contributed by atoms with Crippen molar-refractivity contribution in [1.29, 1.82) is 0 Å². The van der Waals surface area contributed by atoms with Gasteiger partial charge in [0.15, 0.2) is 4.80 Å². The molecule has 46 heavy (non-hydrogen) atoms. The van der Waals surface area contributed by atoms with Gasteiger partial charge < -0.3 is 24.1 Å². The molecule has 0 bridgehead atoms. The minimum Gasteiger partial charge on any atom is -0.497 e. The molecule has 1 atom stereocenters. The van der Waals surface area contributed by atoms with Gasteiger partial charge in [0.05, 0.1) is 48.3 Å². The van der Waals surface area contributed by atoms with Crippen LogP contribution in [0.2, 0.25) is 0 Å². The maximum Gasteiger partial charge on any atom is 0.271 e. The van der Waals surface area contributed by atoms with Gasteiger partial charge in [-0.1, -0.05) is 53.8 Å². The zero-order valence-corrected chi connectivity index (χ0v) is 27.5. The highest BCUT2D eigenvalue weighted by molar-refractivity contribution is 7.07. The molecule has 0 fully saturated rings. The van der Waals surface area contributed by atoms with Crippen LogP contribution < -0.4 is 29.1 Å². The number of nitrogens with zero attached hydrogens (tertiary/aromatic N) is 3. The molecule has 2 aromatic heterocycles. The molecular formula is C36H36N4O5S. The summed E-state index contributed by atoms with van der Waals surface area (Å²) in [6.07, 6.45) is 1.91. The number of aromatic amines is 1. The van der Waals surface area contributed by atoms with Gasteiger partial charge in [0.25, 0.3) is 11.5 Å². The number of para-hydroxylation sites is 1. The topological polar surface area (TPSA) is 98.2 Å². The third kappa shape index (κ3) is 5.18. The normalized spacial score (nSPS) is 14.7. The number of aromatic nitrogens is 2. The Balaban J connectivity index is 1.65. The zero-order chi connectivity index (χ0) is 32.5. The van der Waals surface area contributed by atoms with E-state index in [0.29, 0.717) is 56.5 Å². The van der Waals surface area contributed by atoms with E-state index in [1.165, 1.54) is 11.3 Å². The number of amides is 1. The summed E-state index contributed by atoms with van der Waals surface area (Å²) in [6.45, 7) is 6.74. The lowest BCUT2D eigenvalue weighted by Gasteiger charge is -2.30. The number of carbonyl (C=O) groups excluding carboxylic acids is 1. The van der Waals surface area contributed by atoms with Crippen LogP contribution in [0.4, 0.5) is 0 Å². The average Bonchev–Trinajstić information content (AvgIpc) is 3.61. The van der Waals surface area contributed by atoms with Crippen LogP contribution in [-0.2, 0) is 4.79 Å². The van der Waals surface area contributed by atoms with Crippen molar-refractivity contribution in [2.45, 2.75) is 26.8 Å². The Kier molecular flexibility index (Phi) is 8.55. The van der Waals surface area contributed by atoms with E-state index in [1.807, 2.05) is 81.4 Å². The van der Waals surface area contributed by atoms with E-state index in [4.69, 9.17) is 19.2 Å². The smallest absolute Gasteiger partial charge is 0.271 e. The lowest BCUT2D eigenvalue weighted by Crippen LogP contribution is -2.43.